The number of hydrogen-bond acceptors (Lipinski definition) is 2. The van der Waals surface area contributed by atoms with Crippen LogP contribution in [-0.4, -0.2) is 22.6 Å². The van der Waals surface area contributed by atoms with E-state index < -0.39 is 0 Å². The summed E-state index contributed by atoms with van der Waals surface area (Å²) in [5.74, 6) is 0.631. The number of aryl methyl sites for hydroxylation is 1. The number of nitrogens with one attached hydrogen (secondary N) is 1. The number of anilines is 1. The lowest BCUT2D eigenvalue weighted by Gasteiger charge is -2.32. The van der Waals surface area contributed by atoms with Crippen LogP contribution in [0.5, 0.6) is 5.75 Å². The molecule has 0 spiro atoms. The highest BCUT2D eigenvalue weighted by Crippen LogP contribution is 2.38. The fourth-order valence-corrected chi connectivity index (χ4v) is 4.50. The third kappa shape index (κ3) is 3.42. The molecule has 32 heavy (non-hydrogen) atoms. The quantitative estimate of drug-likeness (QED) is 0.444. The zero-order valence-electron chi connectivity index (χ0n) is 18.2. The fourth-order valence-electron chi connectivity index (χ4n) is 4.50. The van der Waals surface area contributed by atoms with Crippen molar-refractivity contribution in [3.63, 3.8) is 0 Å². The number of methoxy groups -OCH3 is 1. The summed E-state index contributed by atoms with van der Waals surface area (Å²) < 4.78 is 7.65. The molecule has 1 atom stereocenters. The molecule has 1 N–H and O–H groups in total. The van der Waals surface area contributed by atoms with Crippen LogP contribution in [0.4, 0.5) is 10.5 Å². The Hall–Kier alpha value is -3.99. The Kier molecular flexibility index (Phi) is 5.15. The molecule has 0 saturated heterocycles. The van der Waals surface area contributed by atoms with Crippen LogP contribution in [0.1, 0.15) is 28.4 Å². The highest BCUT2D eigenvalue weighted by Gasteiger charge is 2.33. The van der Waals surface area contributed by atoms with E-state index in [0.717, 1.165) is 28.1 Å². The molecular formula is C27H25N3O2. The number of rotatable bonds is 3. The van der Waals surface area contributed by atoms with E-state index in [4.69, 9.17) is 4.74 Å². The lowest BCUT2D eigenvalue weighted by Crippen LogP contribution is -2.38. The molecule has 2 heterocycles. The van der Waals surface area contributed by atoms with Gasteiger partial charge in [-0.3, -0.25) is 0 Å². The molecule has 0 fully saturated rings. The largest absolute Gasteiger partial charge is 0.495 e. The van der Waals surface area contributed by atoms with Crippen molar-refractivity contribution in [2.45, 2.75) is 19.5 Å². The van der Waals surface area contributed by atoms with Crippen molar-refractivity contribution in [1.82, 2.24) is 9.47 Å². The van der Waals surface area contributed by atoms with Crippen LogP contribution in [0, 0.1) is 6.92 Å². The minimum Gasteiger partial charge on any atom is -0.495 e. The second-order valence-corrected chi connectivity index (χ2v) is 7.95. The second-order valence-electron chi connectivity index (χ2n) is 7.95. The van der Waals surface area contributed by atoms with E-state index in [-0.39, 0.29) is 12.1 Å². The number of carbonyl (C=O) groups excluding carboxylic acids is 1. The number of carbonyl (C=O) groups is 1. The molecule has 3 aromatic carbocycles. The Morgan fingerprint density at radius 1 is 0.938 bits per heavy atom. The van der Waals surface area contributed by atoms with Crippen LogP contribution in [0.15, 0.2) is 91.1 Å². The maximum absolute atomic E-state index is 13.8. The number of urea groups is 1. The zero-order chi connectivity index (χ0) is 22.1. The van der Waals surface area contributed by atoms with Crippen LogP contribution in [-0.2, 0) is 6.54 Å². The number of fused-ring (bicyclic) bond motifs is 3. The molecular weight excluding hydrogens is 398 g/mol. The minimum absolute atomic E-state index is 0.174. The Labute approximate surface area is 187 Å². The van der Waals surface area contributed by atoms with Gasteiger partial charge in [0.1, 0.15) is 11.8 Å². The standard InChI is InChI=1S/C27H25N3O2/c1-19-10-3-5-12-21(19)26-24-15-9-17-29(24)23-14-7-4-11-20(23)18-30(26)27(31)28-22-13-6-8-16-25(22)32-2/h3-17,26H,18H2,1-2H3,(H,28,31). The Morgan fingerprint density at radius 2 is 1.69 bits per heavy atom. The molecule has 0 aliphatic carbocycles. The normalized spacial score (nSPS) is 14.8. The zero-order valence-corrected chi connectivity index (χ0v) is 18.2. The van der Waals surface area contributed by atoms with Gasteiger partial charge in [0.25, 0.3) is 0 Å². The van der Waals surface area contributed by atoms with Gasteiger partial charge < -0.3 is 19.5 Å². The predicted octanol–water partition coefficient (Wildman–Crippen LogP) is 5.93. The van der Waals surface area contributed by atoms with Crippen LogP contribution >= 0.6 is 0 Å². The van der Waals surface area contributed by atoms with Gasteiger partial charge in [-0.2, -0.15) is 0 Å². The van der Waals surface area contributed by atoms with Gasteiger partial charge in [0.2, 0.25) is 0 Å². The fraction of sp³-hybridized carbons (Fsp3) is 0.148. The van der Waals surface area contributed by atoms with Gasteiger partial charge in [-0.1, -0.05) is 54.6 Å². The van der Waals surface area contributed by atoms with E-state index in [9.17, 15) is 4.79 Å². The smallest absolute Gasteiger partial charge is 0.323 e. The number of amides is 2. The van der Waals surface area contributed by atoms with Crippen molar-refractivity contribution < 1.29 is 9.53 Å². The van der Waals surface area contributed by atoms with Gasteiger partial charge in [0.15, 0.2) is 0 Å². The van der Waals surface area contributed by atoms with Crippen molar-refractivity contribution in [3.8, 4) is 11.4 Å². The molecule has 1 unspecified atom stereocenters. The molecule has 5 heteroatoms. The molecule has 160 valence electrons. The summed E-state index contributed by atoms with van der Waals surface area (Å²) in [6.45, 7) is 2.58. The number of ether oxygens (including phenoxy) is 1. The number of hydrogen-bond donors (Lipinski definition) is 1. The number of aromatic nitrogens is 1. The summed E-state index contributed by atoms with van der Waals surface area (Å²) >= 11 is 0. The van der Waals surface area contributed by atoms with Gasteiger partial charge in [0.05, 0.1) is 25.0 Å². The van der Waals surface area contributed by atoms with Gasteiger partial charge in [0, 0.05) is 11.9 Å². The van der Waals surface area contributed by atoms with Gasteiger partial charge >= 0.3 is 6.03 Å². The van der Waals surface area contributed by atoms with E-state index in [1.165, 1.54) is 0 Å². The van der Waals surface area contributed by atoms with Gasteiger partial charge in [-0.05, 0) is 53.9 Å². The van der Waals surface area contributed by atoms with Crippen molar-refractivity contribution in [2.75, 3.05) is 12.4 Å². The first-order valence-corrected chi connectivity index (χ1v) is 10.7. The summed E-state index contributed by atoms with van der Waals surface area (Å²) in [6, 6.07) is 27.7. The highest BCUT2D eigenvalue weighted by molar-refractivity contribution is 5.91. The van der Waals surface area contributed by atoms with Crippen LogP contribution in [0.25, 0.3) is 5.69 Å². The number of nitrogens with zero attached hydrogens (tertiary/aromatic N) is 2. The summed E-state index contributed by atoms with van der Waals surface area (Å²) in [5.41, 5.74) is 6.15. The first-order valence-electron chi connectivity index (χ1n) is 10.7. The summed E-state index contributed by atoms with van der Waals surface area (Å²) in [6.07, 6.45) is 2.07. The first-order chi connectivity index (χ1) is 15.7. The van der Waals surface area contributed by atoms with Crippen LogP contribution in [0.2, 0.25) is 0 Å². The summed E-state index contributed by atoms with van der Waals surface area (Å²) in [5, 5.41) is 3.08. The SMILES string of the molecule is COc1ccccc1NC(=O)N1Cc2ccccc2-n2cccc2C1c1ccccc1C. The third-order valence-electron chi connectivity index (χ3n) is 6.06. The Bertz CT molecular complexity index is 1280. The average molecular weight is 424 g/mol. The molecule has 0 saturated carbocycles. The third-order valence-corrected chi connectivity index (χ3v) is 6.06. The molecule has 1 aromatic heterocycles. The van der Waals surface area contributed by atoms with Crippen LogP contribution in [0.3, 0.4) is 0 Å². The molecule has 4 aromatic rings. The average Bonchev–Trinajstić information content (AvgIpc) is 3.24. The lowest BCUT2D eigenvalue weighted by atomic mass is 9.97. The maximum Gasteiger partial charge on any atom is 0.323 e. The van der Waals surface area contributed by atoms with E-state index in [1.807, 2.05) is 59.5 Å². The maximum atomic E-state index is 13.8. The molecule has 5 rings (SSSR count). The summed E-state index contributed by atoms with van der Waals surface area (Å²) in [7, 11) is 1.61. The first kappa shape index (κ1) is 19.9. The number of para-hydroxylation sites is 3. The molecule has 1 aliphatic heterocycles. The van der Waals surface area contributed by atoms with Crippen molar-refractivity contribution in [1.29, 1.82) is 0 Å². The van der Waals surface area contributed by atoms with E-state index in [0.29, 0.717) is 18.0 Å². The van der Waals surface area contributed by atoms with Crippen molar-refractivity contribution in [2.24, 2.45) is 0 Å². The highest BCUT2D eigenvalue weighted by atomic mass is 16.5. The predicted molar refractivity (Wildman–Crippen MR) is 126 cm³/mol. The van der Waals surface area contributed by atoms with E-state index >= 15 is 0 Å². The van der Waals surface area contributed by atoms with Crippen LogP contribution < -0.4 is 10.1 Å². The van der Waals surface area contributed by atoms with Crippen molar-refractivity contribution >= 4 is 11.7 Å². The van der Waals surface area contributed by atoms with E-state index in [1.54, 1.807) is 7.11 Å². The molecule has 0 radical (unpaired) electrons. The Balaban J connectivity index is 1.65. The summed E-state index contributed by atoms with van der Waals surface area (Å²) in [4.78, 5) is 15.7. The van der Waals surface area contributed by atoms with Gasteiger partial charge in [-0.25, -0.2) is 4.79 Å². The molecule has 1 aliphatic rings. The van der Waals surface area contributed by atoms with Gasteiger partial charge in [-0.15, -0.1) is 0 Å². The Morgan fingerprint density at radius 3 is 2.53 bits per heavy atom. The van der Waals surface area contributed by atoms with E-state index in [2.05, 4.69) is 53.3 Å². The molecule has 0 bridgehead atoms. The molecule has 2 amide bonds. The monoisotopic (exact) mass is 423 g/mol. The number of benzene rings is 3. The lowest BCUT2D eigenvalue weighted by molar-refractivity contribution is 0.194. The van der Waals surface area contributed by atoms with Crippen molar-refractivity contribution in [3.05, 3.63) is 114 Å². The second kappa shape index (κ2) is 8.27. The minimum atomic E-state index is -0.242. The molecule has 5 nitrogen and oxygen atoms in total. The topological polar surface area (TPSA) is 46.5 Å².